The molecule has 2 aliphatic rings. The van der Waals surface area contributed by atoms with Crippen LogP contribution in [-0.4, -0.2) is 24.2 Å². The number of hydrogen-bond donors (Lipinski definition) is 1. The Hall–Kier alpha value is -1.53. The Bertz CT molecular complexity index is 515. The Labute approximate surface area is 115 Å². The van der Waals surface area contributed by atoms with Crippen LogP contribution in [0.1, 0.15) is 32.3 Å². The average molecular weight is 255 g/mol. The fraction of sp³-hybridized carbons (Fsp3) is 0.562. The van der Waals surface area contributed by atoms with Gasteiger partial charge < -0.3 is 4.90 Å². The molecule has 0 saturated heterocycles. The molecule has 0 amide bonds. The predicted octanol–water partition coefficient (Wildman–Crippen LogP) is 2.47. The zero-order chi connectivity index (χ0) is 13.5. The van der Waals surface area contributed by atoms with Crippen LogP contribution in [0.2, 0.25) is 0 Å². The van der Waals surface area contributed by atoms with Crippen molar-refractivity contribution in [2.45, 2.75) is 50.7 Å². The minimum absolute atomic E-state index is 0.452. The first-order valence-corrected chi connectivity index (χ1v) is 7.15. The Kier molecular flexibility index (Phi) is 2.99. The molecule has 3 rings (SSSR count). The van der Waals surface area contributed by atoms with Crippen molar-refractivity contribution in [1.82, 2.24) is 5.32 Å². The molecule has 1 fully saturated rings. The molecular weight excluding hydrogens is 234 g/mol. The SMILES string of the molecule is CC1Cc2ccccc2N1CC(C)(C#N)NC1CC1. The van der Waals surface area contributed by atoms with Gasteiger partial charge in [-0.05, 0) is 44.7 Å². The van der Waals surface area contributed by atoms with E-state index in [4.69, 9.17) is 0 Å². The van der Waals surface area contributed by atoms with E-state index in [2.05, 4.69) is 47.5 Å². The highest BCUT2D eigenvalue weighted by Crippen LogP contribution is 2.33. The van der Waals surface area contributed by atoms with Gasteiger partial charge in [-0.3, -0.25) is 5.32 Å². The van der Waals surface area contributed by atoms with Gasteiger partial charge in [0.05, 0.1) is 6.07 Å². The lowest BCUT2D eigenvalue weighted by Crippen LogP contribution is -2.52. The number of anilines is 1. The maximum Gasteiger partial charge on any atom is 0.121 e. The van der Waals surface area contributed by atoms with Crippen LogP contribution in [0.25, 0.3) is 0 Å². The summed E-state index contributed by atoms with van der Waals surface area (Å²) in [6, 6.07) is 12.1. The summed E-state index contributed by atoms with van der Waals surface area (Å²) in [6.45, 7) is 5.03. The summed E-state index contributed by atoms with van der Waals surface area (Å²) in [4.78, 5) is 2.38. The Morgan fingerprint density at radius 3 is 2.84 bits per heavy atom. The third kappa shape index (κ3) is 2.46. The van der Waals surface area contributed by atoms with Gasteiger partial charge in [-0.2, -0.15) is 5.26 Å². The maximum atomic E-state index is 9.52. The van der Waals surface area contributed by atoms with E-state index in [0.29, 0.717) is 12.1 Å². The fourth-order valence-corrected chi connectivity index (χ4v) is 3.00. The molecule has 1 aliphatic carbocycles. The minimum atomic E-state index is -0.452. The topological polar surface area (TPSA) is 39.1 Å². The molecule has 3 nitrogen and oxygen atoms in total. The van der Waals surface area contributed by atoms with E-state index in [-0.39, 0.29) is 0 Å². The lowest BCUT2D eigenvalue weighted by Gasteiger charge is -2.33. The Morgan fingerprint density at radius 1 is 1.42 bits per heavy atom. The summed E-state index contributed by atoms with van der Waals surface area (Å²) in [5.41, 5.74) is 2.25. The molecule has 1 aromatic carbocycles. The predicted molar refractivity (Wildman–Crippen MR) is 77.1 cm³/mol. The van der Waals surface area contributed by atoms with Crippen molar-refractivity contribution in [3.05, 3.63) is 29.8 Å². The van der Waals surface area contributed by atoms with Gasteiger partial charge in [-0.25, -0.2) is 0 Å². The van der Waals surface area contributed by atoms with E-state index in [1.54, 1.807) is 0 Å². The first kappa shape index (κ1) is 12.5. The molecule has 1 N–H and O–H groups in total. The van der Waals surface area contributed by atoms with E-state index in [1.807, 2.05) is 6.92 Å². The van der Waals surface area contributed by atoms with Crippen molar-refractivity contribution in [3.8, 4) is 6.07 Å². The molecule has 0 spiro atoms. The second kappa shape index (κ2) is 4.54. The molecule has 1 saturated carbocycles. The van der Waals surface area contributed by atoms with Crippen LogP contribution in [-0.2, 0) is 6.42 Å². The highest BCUT2D eigenvalue weighted by atomic mass is 15.2. The number of nitrogens with zero attached hydrogens (tertiary/aromatic N) is 2. The number of nitriles is 1. The highest BCUT2D eigenvalue weighted by Gasteiger charge is 2.37. The van der Waals surface area contributed by atoms with Gasteiger partial charge >= 0.3 is 0 Å². The normalized spacial score (nSPS) is 24.7. The van der Waals surface area contributed by atoms with Crippen LogP contribution >= 0.6 is 0 Å². The quantitative estimate of drug-likeness (QED) is 0.898. The molecule has 1 heterocycles. The lowest BCUT2D eigenvalue weighted by atomic mass is 10.0. The monoisotopic (exact) mass is 255 g/mol. The molecule has 2 unspecified atom stereocenters. The van der Waals surface area contributed by atoms with Gasteiger partial charge in [-0.1, -0.05) is 18.2 Å². The third-order valence-electron chi connectivity index (χ3n) is 4.18. The summed E-state index contributed by atoms with van der Waals surface area (Å²) >= 11 is 0. The van der Waals surface area contributed by atoms with Gasteiger partial charge in [0.15, 0.2) is 0 Å². The summed E-state index contributed by atoms with van der Waals surface area (Å²) in [7, 11) is 0. The van der Waals surface area contributed by atoms with Crippen molar-refractivity contribution >= 4 is 5.69 Å². The molecule has 1 aromatic rings. The average Bonchev–Trinajstić information content (AvgIpc) is 3.15. The van der Waals surface area contributed by atoms with Gasteiger partial charge in [-0.15, -0.1) is 0 Å². The molecule has 1 aliphatic heterocycles. The van der Waals surface area contributed by atoms with Crippen molar-refractivity contribution < 1.29 is 0 Å². The zero-order valence-electron chi connectivity index (χ0n) is 11.7. The molecule has 100 valence electrons. The van der Waals surface area contributed by atoms with E-state index in [0.717, 1.165) is 13.0 Å². The van der Waals surface area contributed by atoms with Crippen molar-refractivity contribution in [2.75, 3.05) is 11.4 Å². The number of nitrogens with one attached hydrogen (secondary N) is 1. The summed E-state index contributed by atoms with van der Waals surface area (Å²) in [5.74, 6) is 0. The smallest absolute Gasteiger partial charge is 0.121 e. The fourth-order valence-electron chi connectivity index (χ4n) is 3.00. The van der Waals surface area contributed by atoms with E-state index in [1.165, 1.54) is 24.1 Å². The number of benzene rings is 1. The molecule has 19 heavy (non-hydrogen) atoms. The maximum absolute atomic E-state index is 9.52. The van der Waals surface area contributed by atoms with Crippen LogP contribution in [0, 0.1) is 11.3 Å². The van der Waals surface area contributed by atoms with Crippen LogP contribution in [0.4, 0.5) is 5.69 Å². The second-order valence-corrected chi connectivity index (χ2v) is 6.17. The Balaban J connectivity index is 1.80. The largest absolute Gasteiger partial charge is 0.365 e. The van der Waals surface area contributed by atoms with Crippen molar-refractivity contribution in [1.29, 1.82) is 5.26 Å². The second-order valence-electron chi connectivity index (χ2n) is 6.17. The highest BCUT2D eigenvalue weighted by molar-refractivity contribution is 5.59. The molecule has 0 bridgehead atoms. The lowest BCUT2D eigenvalue weighted by molar-refractivity contribution is 0.429. The van der Waals surface area contributed by atoms with Gasteiger partial charge in [0.25, 0.3) is 0 Å². The molecule has 0 aromatic heterocycles. The Morgan fingerprint density at radius 2 is 2.16 bits per heavy atom. The zero-order valence-corrected chi connectivity index (χ0v) is 11.7. The summed E-state index contributed by atoms with van der Waals surface area (Å²) in [6.07, 6.45) is 3.51. The van der Waals surface area contributed by atoms with Crippen molar-refractivity contribution in [2.24, 2.45) is 0 Å². The summed E-state index contributed by atoms with van der Waals surface area (Å²) in [5, 5.41) is 13.0. The number of fused-ring (bicyclic) bond motifs is 1. The van der Waals surface area contributed by atoms with Gasteiger partial charge in [0.1, 0.15) is 5.54 Å². The van der Waals surface area contributed by atoms with E-state index >= 15 is 0 Å². The minimum Gasteiger partial charge on any atom is -0.365 e. The van der Waals surface area contributed by atoms with Crippen LogP contribution in [0.3, 0.4) is 0 Å². The number of hydrogen-bond acceptors (Lipinski definition) is 3. The third-order valence-corrected chi connectivity index (χ3v) is 4.18. The first-order valence-electron chi connectivity index (χ1n) is 7.15. The first-order chi connectivity index (χ1) is 9.11. The van der Waals surface area contributed by atoms with Crippen LogP contribution < -0.4 is 10.2 Å². The molecule has 0 radical (unpaired) electrons. The van der Waals surface area contributed by atoms with Gasteiger partial charge in [0.2, 0.25) is 0 Å². The number of rotatable bonds is 4. The van der Waals surface area contributed by atoms with Crippen LogP contribution in [0.5, 0.6) is 0 Å². The molecule has 3 heteroatoms. The van der Waals surface area contributed by atoms with Crippen LogP contribution in [0.15, 0.2) is 24.3 Å². The van der Waals surface area contributed by atoms with E-state index in [9.17, 15) is 5.26 Å². The standard InChI is InChI=1S/C16H21N3/c1-12-9-13-5-3-4-6-15(13)19(12)11-16(2,10-17)18-14-7-8-14/h3-6,12,14,18H,7-9,11H2,1-2H3. The summed E-state index contributed by atoms with van der Waals surface area (Å²) < 4.78 is 0. The molecular formula is C16H21N3. The van der Waals surface area contributed by atoms with Crippen molar-refractivity contribution in [3.63, 3.8) is 0 Å². The molecule has 2 atom stereocenters. The number of para-hydroxylation sites is 1. The van der Waals surface area contributed by atoms with E-state index < -0.39 is 5.54 Å². The van der Waals surface area contributed by atoms with Gasteiger partial charge in [0, 0.05) is 24.3 Å².